The summed E-state index contributed by atoms with van der Waals surface area (Å²) in [6.07, 6.45) is 4.22. The number of likely N-dealkylation sites (tertiary alicyclic amines) is 1. The van der Waals surface area contributed by atoms with Crippen molar-refractivity contribution in [2.75, 3.05) is 26.7 Å². The Morgan fingerprint density at radius 3 is 2.80 bits per heavy atom. The molecule has 1 aliphatic rings. The fourth-order valence-corrected chi connectivity index (χ4v) is 2.78. The molecule has 1 amide bonds. The summed E-state index contributed by atoms with van der Waals surface area (Å²) in [5.74, 6) is 0.425. The molecular formula is C17H26N2O. The number of benzene rings is 1. The first-order valence-corrected chi connectivity index (χ1v) is 7.67. The Labute approximate surface area is 122 Å². The third-order valence-electron chi connectivity index (χ3n) is 4.06. The Balaban J connectivity index is 1.65. The van der Waals surface area contributed by atoms with Crippen LogP contribution >= 0.6 is 0 Å². The van der Waals surface area contributed by atoms with E-state index in [9.17, 15) is 4.79 Å². The van der Waals surface area contributed by atoms with E-state index >= 15 is 0 Å². The molecule has 110 valence electrons. The molecule has 0 radical (unpaired) electrons. The van der Waals surface area contributed by atoms with Gasteiger partial charge in [-0.3, -0.25) is 4.79 Å². The van der Waals surface area contributed by atoms with Gasteiger partial charge >= 0.3 is 0 Å². The van der Waals surface area contributed by atoms with E-state index in [-0.39, 0.29) is 11.8 Å². The Morgan fingerprint density at radius 1 is 1.35 bits per heavy atom. The molecule has 1 atom stereocenters. The first-order chi connectivity index (χ1) is 9.65. The molecule has 3 heteroatoms. The minimum atomic E-state index is 0.188. The van der Waals surface area contributed by atoms with Gasteiger partial charge in [0.05, 0.1) is 5.92 Å². The van der Waals surface area contributed by atoms with Gasteiger partial charge in [0, 0.05) is 13.1 Å². The van der Waals surface area contributed by atoms with Crippen LogP contribution in [0, 0.1) is 12.8 Å². The van der Waals surface area contributed by atoms with Gasteiger partial charge in [-0.1, -0.05) is 29.8 Å². The van der Waals surface area contributed by atoms with Crippen molar-refractivity contribution >= 4 is 5.91 Å². The van der Waals surface area contributed by atoms with Crippen molar-refractivity contribution in [3.8, 4) is 0 Å². The zero-order valence-electron chi connectivity index (χ0n) is 12.7. The average Bonchev–Trinajstić information content (AvgIpc) is 2.45. The first kappa shape index (κ1) is 15.0. The molecule has 1 aliphatic heterocycles. The second kappa shape index (κ2) is 7.44. The maximum Gasteiger partial charge on any atom is 0.224 e. The molecule has 0 aliphatic carbocycles. The molecule has 1 N–H and O–H groups in total. The molecule has 0 unspecified atom stereocenters. The van der Waals surface area contributed by atoms with Crippen LogP contribution in [0.2, 0.25) is 0 Å². The van der Waals surface area contributed by atoms with Crippen LogP contribution < -0.4 is 5.32 Å². The Kier molecular flexibility index (Phi) is 5.60. The van der Waals surface area contributed by atoms with Crippen molar-refractivity contribution in [1.29, 1.82) is 0 Å². The number of rotatable bonds is 5. The second-order valence-corrected chi connectivity index (χ2v) is 5.98. The average molecular weight is 274 g/mol. The topological polar surface area (TPSA) is 32.3 Å². The predicted octanol–water partition coefficient (Wildman–Crippen LogP) is 2.39. The van der Waals surface area contributed by atoms with Gasteiger partial charge in [-0.15, -0.1) is 0 Å². The van der Waals surface area contributed by atoms with Gasteiger partial charge in [0.25, 0.3) is 0 Å². The molecule has 1 aromatic carbocycles. The summed E-state index contributed by atoms with van der Waals surface area (Å²) < 4.78 is 0. The SMILES string of the molecule is Cc1ccc(CCCNC(=O)[C@H]2CCCN(C)C2)cc1. The summed E-state index contributed by atoms with van der Waals surface area (Å²) >= 11 is 0. The molecule has 0 spiro atoms. The van der Waals surface area contributed by atoms with Crippen LogP contribution in [0.25, 0.3) is 0 Å². The van der Waals surface area contributed by atoms with E-state index in [2.05, 4.69) is 48.5 Å². The lowest BCUT2D eigenvalue weighted by Crippen LogP contribution is -2.41. The lowest BCUT2D eigenvalue weighted by atomic mass is 9.97. The normalized spacial score (nSPS) is 19.8. The number of nitrogens with zero attached hydrogens (tertiary/aromatic N) is 1. The highest BCUT2D eigenvalue weighted by atomic mass is 16.1. The lowest BCUT2D eigenvalue weighted by Gasteiger charge is -2.28. The van der Waals surface area contributed by atoms with Crippen molar-refractivity contribution in [1.82, 2.24) is 10.2 Å². The van der Waals surface area contributed by atoms with E-state index in [0.717, 1.165) is 45.3 Å². The number of amides is 1. The predicted molar refractivity (Wildman–Crippen MR) is 82.7 cm³/mol. The fourth-order valence-electron chi connectivity index (χ4n) is 2.78. The van der Waals surface area contributed by atoms with Crippen LogP contribution in [0.15, 0.2) is 24.3 Å². The third-order valence-corrected chi connectivity index (χ3v) is 4.06. The van der Waals surface area contributed by atoms with E-state index < -0.39 is 0 Å². The van der Waals surface area contributed by atoms with E-state index in [0.29, 0.717) is 0 Å². The molecule has 1 aromatic rings. The Hall–Kier alpha value is -1.35. The summed E-state index contributed by atoms with van der Waals surface area (Å²) in [6, 6.07) is 8.64. The number of aryl methyl sites for hydroxylation is 2. The van der Waals surface area contributed by atoms with Gasteiger partial charge in [-0.05, 0) is 51.8 Å². The van der Waals surface area contributed by atoms with E-state index in [1.807, 2.05) is 0 Å². The van der Waals surface area contributed by atoms with E-state index in [1.165, 1.54) is 11.1 Å². The van der Waals surface area contributed by atoms with Gasteiger partial charge in [0.15, 0.2) is 0 Å². The Morgan fingerprint density at radius 2 is 2.10 bits per heavy atom. The summed E-state index contributed by atoms with van der Waals surface area (Å²) in [5, 5.41) is 3.09. The number of carbonyl (C=O) groups excluding carboxylic acids is 1. The number of piperidine rings is 1. The van der Waals surface area contributed by atoms with Crippen LogP contribution in [0.5, 0.6) is 0 Å². The van der Waals surface area contributed by atoms with Crippen LogP contribution in [-0.2, 0) is 11.2 Å². The van der Waals surface area contributed by atoms with E-state index in [4.69, 9.17) is 0 Å². The third kappa shape index (κ3) is 4.64. The largest absolute Gasteiger partial charge is 0.356 e. The molecule has 3 nitrogen and oxygen atoms in total. The quantitative estimate of drug-likeness (QED) is 0.836. The minimum absolute atomic E-state index is 0.188. The number of carbonyl (C=O) groups is 1. The highest BCUT2D eigenvalue weighted by Crippen LogP contribution is 2.15. The molecule has 0 aromatic heterocycles. The standard InChI is InChI=1S/C17H26N2O/c1-14-7-9-15(10-8-14)5-3-11-18-17(20)16-6-4-12-19(2)13-16/h7-10,16H,3-6,11-13H2,1-2H3,(H,18,20)/t16-/m0/s1. The molecule has 0 saturated carbocycles. The van der Waals surface area contributed by atoms with Crippen LogP contribution in [0.1, 0.15) is 30.4 Å². The van der Waals surface area contributed by atoms with Gasteiger partial charge in [0.2, 0.25) is 5.91 Å². The first-order valence-electron chi connectivity index (χ1n) is 7.67. The van der Waals surface area contributed by atoms with Crippen LogP contribution in [0.3, 0.4) is 0 Å². The smallest absolute Gasteiger partial charge is 0.224 e. The van der Waals surface area contributed by atoms with Gasteiger partial charge in [-0.25, -0.2) is 0 Å². The maximum atomic E-state index is 12.1. The van der Waals surface area contributed by atoms with Gasteiger partial charge < -0.3 is 10.2 Å². The van der Waals surface area contributed by atoms with Crippen molar-refractivity contribution < 1.29 is 4.79 Å². The molecule has 1 fully saturated rings. The highest BCUT2D eigenvalue weighted by molar-refractivity contribution is 5.78. The van der Waals surface area contributed by atoms with E-state index in [1.54, 1.807) is 0 Å². The monoisotopic (exact) mass is 274 g/mol. The number of hydrogen-bond acceptors (Lipinski definition) is 2. The zero-order valence-corrected chi connectivity index (χ0v) is 12.7. The zero-order chi connectivity index (χ0) is 14.4. The highest BCUT2D eigenvalue weighted by Gasteiger charge is 2.23. The van der Waals surface area contributed by atoms with Crippen LogP contribution in [0.4, 0.5) is 0 Å². The summed E-state index contributed by atoms with van der Waals surface area (Å²) in [6.45, 7) is 4.92. The van der Waals surface area contributed by atoms with Crippen molar-refractivity contribution in [2.45, 2.75) is 32.6 Å². The summed E-state index contributed by atoms with van der Waals surface area (Å²) in [5.41, 5.74) is 2.64. The molecule has 20 heavy (non-hydrogen) atoms. The van der Waals surface area contributed by atoms with Gasteiger partial charge in [-0.2, -0.15) is 0 Å². The summed E-state index contributed by atoms with van der Waals surface area (Å²) in [7, 11) is 2.09. The Bertz CT molecular complexity index is 427. The van der Waals surface area contributed by atoms with Crippen molar-refractivity contribution in [2.24, 2.45) is 5.92 Å². The molecule has 2 rings (SSSR count). The minimum Gasteiger partial charge on any atom is -0.356 e. The fraction of sp³-hybridized carbons (Fsp3) is 0.588. The summed E-state index contributed by atoms with van der Waals surface area (Å²) in [4.78, 5) is 14.3. The molecule has 1 heterocycles. The second-order valence-electron chi connectivity index (χ2n) is 5.98. The van der Waals surface area contributed by atoms with Crippen molar-refractivity contribution in [3.63, 3.8) is 0 Å². The molecular weight excluding hydrogens is 248 g/mol. The molecule has 1 saturated heterocycles. The number of hydrogen-bond donors (Lipinski definition) is 1. The number of nitrogens with one attached hydrogen (secondary N) is 1. The lowest BCUT2D eigenvalue weighted by molar-refractivity contribution is -0.126. The maximum absolute atomic E-state index is 12.1. The van der Waals surface area contributed by atoms with Crippen molar-refractivity contribution in [3.05, 3.63) is 35.4 Å². The van der Waals surface area contributed by atoms with Gasteiger partial charge in [0.1, 0.15) is 0 Å². The molecule has 0 bridgehead atoms. The van der Waals surface area contributed by atoms with Crippen LogP contribution in [-0.4, -0.2) is 37.5 Å².